The summed E-state index contributed by atoms with van der Waals surface area (Å²) in [6, 6.07) is 11.9. The molecule has 2 aromatic rings. The molecule has 0 aromatic heterocycles. The second-order valence-electron chi connectivity index (χ2n) is 7.98. The highest BCUT2D eigenvalue weighted by Gasteiger charge is 2.27. The molecule has 0 aliphatic rings. The molecule has 2 aromatic carbocycles. The van der Waals surface area contributed by atoms with Crippen LogP contribution >= 0.6 is 0 Å². The molecule has 30 heavy (non-hydrogen) atoms. The molecule has 0 saturated heterocycles. The number of ether oxygens (including phenoxy) is 2. The minimum absolute atomic E-state index is 0.124. The first-order valence-electron chi connectivity index (χ1n) is 9.48. The number of hydrogen-bond acceptors (Lipinski definition) is 6. The summed E-state index contributed by atoms with van der Waals surface area (Å²) in [5, 5.41) is 13.5. The first-order valence-corrected chi connectivity index (χ1v) is 9.48. The van der Waals surface area contributed by atoms with Crippen molar-refractivity contribution in [1.29, 1.82) is 0 Å². The average Bonchev–Trinajstić information content (AvgIpc) is 2.65. The van der Waals surface area contributed by atoms with Crippen LogP contribution in [0.2, 0.25) is 0 Å². The second-order valence-corrected chi connectivity index (χ2v) is 7.98. The fraction of sp³-hybridized carbons (Fsp3) is 0.364. The maximum atomic E-state index is 12.7. The van der Waals surface area contributed by atoms with Crippen LogP contribution in [0.15, 0.2) is 48.5 Å². The van der Waals surface area contributed by atoms with Crippen molar-refractivity contribution >= 4 is 17.7 Å². The predicted molar refractivity (Wildman–Crippen MR) is 111 cm³/mol. The number of nitro benzene ring substituents is 1. The maximum absolute atomic E-state index is 12.7. The number of aryl methyl sites for hydroxylation is 1. The van der Waals surface area contributed by atoms with E-state index in [9.17, 15) is 19.7 Å². The SMILES string of the molecule is Cc1ccc([C@H](OC(=O)c2ccc([N+](=O)[O-])cc2)[C@H](C)NC(=O)OC(C)(C)C)cc1. The van der Waals surface area contributed by atoms with Gasteiger partial charge in [-0.15, -0.1) is 0 Å². The average molecular weight is 414 g/mol. The number of benzene rings is 2. The number of nitro groups is 1. The summed E-state index contributed by atoms with van der Waals surface area (Å²) in [6.45, 7) is 8.90. The molecular formula is C22H26N2O6. The Balaban J connectivity index is 2.22. The van der Waals surface area contributed by atoms with Crippen LogP contribution in [-0.2, 0) is 9.47 Å². The van der Waals surface area contributed by atoms with Crippen LogP contribution in [0.1, 0.15) is 55.3 Å². The minimum atomic E-state index is -0.791. The third kappa shape index (κ3) is 6.58. The zero-order valence-electron chi connectivity index (χ0n) is 17.7. The molecule has 8 heteroatoms. The topological polar surface area (TPSA) is 108 Å². The van der Waals surface area contributed by atoms with Gasteiger partial charge in [0.1, 0.15) is 11.7 Å². The number of nitrogens with one attached hydrogen (secondary N) is 1. The van der Waals surface area contributed by atoms with Crippen molar-refractivity contribution in [1.82, 2.24) is 5.32 Å². The van der Waals surface area contributed by atoms with Crippen LogP contribution < -0.4 is 5.32 Å². The number of non-ortho nitro benzene ring substituents is 1. The smallest absolute Gasteiger partial charge is 0.408 e. The Kier molecular flexibility index (Phi) is 7.15. The van der Waals surface area contributed by atoms with E-state index in [-0.39, 0.29) is 11.3 Å². The van der Waals surface area contributed by atoms with Gasteiger partial charge in [0.05, 0.1) is 16.5 Å². The van der Waals surface area contributed by atoms with Crippen molar-refractivity contribution in [2.75, 3.05) is 0 Å². The summed E-state index contributed by atoms with van der Waals surface area (Å²) in [7, 11) is 0. The molecule has 0 saturated carbocycles. The molecule has 160 valence electrons. The van der Waals surface area contributed by atoms with E-state index in [0.717, 1.165) is 5.56 Å². The van der Waals surface area contributed by atoms with Crippen LogP contribution in [0.5, 0.6) is 0 Å². The van der Waals surface area contributed by atoms with Gasteiger partial charge < -0.3 is 14.8 Å². The van der Waals surface area contributed by atoms with E-state index in [0.29, 0.717) is 5.56 Å². The molecule has 0 aliphatic carbocycles. The fourth-order valence-electron chi connectivity index (χ4n) is 2.69. The molecule has 0 bridgehead atoms. The van der Waals surface area contributed by atoms with E-state index < -0.39 is 34.7 Å². The Bertz CT molecular complexity index is 901. The predicted octanol–water partition coefficient (Wildman–Crippen LogP) is 4.71. The lowest BCUT2D eigenvalue weighted by molar-refractivity contribution is -0.384. The van der Waals surface area contributed by atoms with E-state index in [1.54, 1.807) is 27.7 Å². The zero-order valence-corrected chi connectivity index (χ0v) is 17.7. The van der Waals surface area contributed by atoms with Gasteiger partial charge in [0.2, 0.25) is 0 Å². The summed E-state index contributed by atoms with van der Waals surface area (Å²) in [5.74, 6) is -0.659. The number of rotatable bonds is 6. The number of amides is 1. The van der Waals surface area contributed by atoms with Crippen LogP contribution in [0.25, 0.3) is 0 Å². The zero-order chi connectivity index (χ0) is 22.5. The van der Waals surface area contributed by atoms with Gasteiger partial charge in [-0.2, -0.15) is 0 Å². The van der Waals surface area contributed by atoms with Gasteiger partial charge in [0, 0.05) is 12.1 Å². The molecule has 1 N–H and O–H groups in total. The van der Waals surface area contributed by atoms with Gasteiger partial charge in [-0.25, -0.2) is 9.59 Å². The van der Waals surface area contributed by atoms with Crippen molar-refractivity contribution in [2.45, 2.75) is 52.4 Å². The van der Waals surface area contributed by atoms with Crippen LogP contribution in [0.4, 0.5) is 10.5 Å². The molecule has 0 unspecified atom stereocenters. The fourth-order valence-corrected chi connectivity index (χ4v) is 2.69. The Morgan fingerprint density at radius 1 is 1.03 bits per heavy atom. The Morgan fingerprint density at radius 2 is 1.60 bits per heavy atom. The third-order valence-corrected chi connectivity index (χ3v) is 4.15. The Hall–Kier alpha value is -3.42. The highest BCUT2D eigenvalue weighted by Crippen LogP contribution is 2.25. The summed E-state index contributed by atoms with van der Waals surface area (Å²) in [6.07, 6.45) is -1.42. The van der Waals surface area contributed by atoms with E-state index in [1.165, 1.54) is 24.3 Å². The third-order valence-electron chi connectivity index (χ3n) is 4.15. The van der Waals surface area contributed by atoms with Gasteiger partial charge in [-0.05, 0) is 52.3 Å². The van der Waals surface area contributed by atoms with E-state index in [2.05, 4.69) is 5.32 Å². The van der Waals surface area contributed by atoms with Crippen LogP contribution in [0.3, 0.4) is 0 Å². The molecule has 1 amide bonds. The monoisotopic (exact) mass is 414 g/mol. The molecule has 0 radical (unpaired) electrons. The second kappa shape index (κ2) is 9.39. The van der Waals surface area contributed by atoms with Crippen molar-refractivity contribution in [2.24, 2.45) is 0 Å². The largest absolute Gasteiger partial charge is 0.452 e. The number of carbonyl (C=O) groups is 2. The standard InChI is InChI=1S/C22H26N2O6/c1-14-6-8-16(9-7-14)19(15(2)23-21(26)30-22(3,4)5)29-20(25)17-10-12-18(13-11-17)24(27)28/h6-13,15,19H,1-5H3,(H,23,26)/t15-,19+/m0/s1. The summed E-state index contributed by atoms with van der Waals surface area (Å²) in [5.41, 5.74) is 1.11. The highest BCUT2D eigenvalue weighted by atomic mass is 16.6. The van der Waals surface area contributed by atoms with E-state index in [1.807, 2.05) is 31.2 Å². The van der Waals surface area contributed by atoms with Crippen molar-refractivity contribution in [3.8, 4) is 0 Å². The maximum Gasteiger partial charge on any atom is 0.408 e. The molecule has 8 nitrogen and oxygen atoms in total. The summed E-state index contributed by atoms with van der Waals surface area (Å²) >= 11 is 0. The van der Waals surface area contributed by atoms with Crippen molar-refractivity contribution in [3.05, 3.63) is 75.3 Å². The first-order chi connectivity index (χ1) is 14.0. The van der Waals surface area contributed by atoms with Crippen LogP contribution in [0, 0.1) is 17.0 Å². The quantitative estimate of drug-likeness (QED) is 0.416. The summed E-state index contributed by atoms with van der Waals surface area (Å²) < 4.78 is 11.0. The van der Waals surface area contributed by atoms with Crippen LogP contribution in [-0.4, -0.2) is 28.6 Å². The number of alkyl carbamates (subject to hydrolysis) is 1. The Morgan fingerprint density at radius 3 is 2.10 bits per heavy atom. The number of nitrogens with zero attached hydrogens (tertiary/aromatic N) is 1. The van der Waals surface area contributed by atoms with Gasteiger partial charge in [-0.1, -0.05) is 29.8 Å². The molecule has 0 aliphatic heterocycles. The van der Waals surface area contributed by atoms with Gasteiger partial charge in [-0.3, -0.25) is 10.1 Å². The van der Waals surface area contributed by atoms with Gasteiger partial charge in [0.25, 0.3) is 5.69 Å². The van der Waals surface area contributed by atoms with E-state index in [4.69, 9.17) is 9.47 Å². The number of hydrogen-bond donors (Lipinski definition) is 1. The lowest BCUT2D eigenvalue weighted by Crippen LogP contribution is -2.41. The number of carbonyl (C=O) groups excluding carboxylic acids is 2. The molecule has 2 rings (SSSR count). The van der Waals surface area contributed by atoms with Gasteiger partial charge in [0.15, 0.2) is 0 Å². The molecular weight excluding hydrogens is 388 g/mol. The first kappa shape index (κ1) is 22.9. The molecule has 0 heterocycles. The minimum Gasteiger partial charge on any atom is -0.452 e. The normalized spacial score (nSPS) is 13.1. The highest BCUT2D eigenvalue weighted by molar-refractivity contribution is 5.89. The lowest BCUT2D eigenvalue weighted by Gasteiger charge is -2.27. The molecule has 0 fully saturated rings. The van der Waals surface area contributed by atoms with E-state index >= 15 is 0 Å². The van der Waals surface area contributed by atoms with Crippen molar-refractivity contribution in [3.63, 3.8) is 0 Å². The molecule has 0 spiro atoms. The lowest BCUT2D eigenvalue weighted by atomic mass is 10.0. The summed E-state index contributed by atoms with van der Waals surface area (Å²) in [4.78, 5) is 35.1. The van der Waals surface area contributed by atoms with Crippen molar-refractivity contribution < 1.29 is 24.0 Å². The number of esters is 1. The molecule has 2 atom stereocenters. The Labute approximate surface area is 175 Å². The van der Waals surface area contributed by atoms with Gasteiger partial charge >= 0.3 is 12.1 Å².